The summed E-state index contributed by atoms with van der Waals surface area (Å²) in [5.41, 5.74) is 0.631. The van der Waals surface area contributed by atoms with Gasteiger partial charge in [-0.1, -0.05) is 24.6 Å². The number of carbonyl (C=O) groups is 1. The van der Waals surface area contributed by atoms with Gasteiger partial charge in [0, 0.05) is 18.7 Å². The number of carbonyl (C=O) groups excluding carboxylic acids is 1. The minimum Gasteiger partial charge on any atom is -0.324 e. The molecule has 2 fully saturated rings. The van der Waals surface area contributed by atoms with Crippen molar-refractivity contribution in [3.8, 4) is 0 Å². The van der Waals surface area contributed by atoms with Crippen molar-refractivity contribution in [2.75, 3.05) is 31.9 Å². The van der Waals surface area contributed by atoms with E-state index in [4.69, 9.17) is 0 Å². The molecule has 0 aromatic heterocycles. The first kappa shape index (κ1) is 14.9. The average Bonchev–Trinajstić information content (AvgIpc) is 2.88. The third-order valence-corrected chi connectivity index (χ3v) is 5.48. The van der Waals surface area contributed by atoms with Crippen LogP contribution in [0.1, 0.15) is 30.2 Å². The molecular formula is C16H21FN2OS. The second-order valence-electron chi connectivity index (χ2n) is 5.67. The Balaban J connectivity index is 1.66. The fraction of sp³-hybridized carbons (Fsp3) is 0.562. The summed E-state index contributed by atoms with van der Waals surface area (Å²) in [6, 6.07) is 6.80. The summed E-state index contributed by atoms with van der Waals surface area (Å²) >= 11 is 1.53. The van der Waals surface area contributed by atoms with Gasteiger partial charge < -0.3 is 9.80 Å². The van der Waals surface area contributed by atoms with Crippen LogP contribution in [0.25, 0.3) is 0 Å². The third-order valence-electron chi connectivity index (χ3n) is 4.25. The van der Waals surface area contributed by atoms with Crippen molar-refractivity contribution in [3.05, 3.63) is 35.6 Å². The van der Waals surface area contributed by atoms with E-state index in [1.165, 1.54) is 37.1 Å². The number of nitrogens with zero attached hydrogens (tertiary/aromatic N) is 2. The van der Waals surface area contributed by atoms with Gasteiger partial charge in [0.1, 0.15) is 11.2 Å². The molecule has 21 heavy (non-hydrogen) atoms. The van der Waals surface area contributed by atoms with Crippen molar-refractivity contribution >= 4 is 17.7 Å². The first-order chi connectivity index (χ1) is 10.3. The number of likely N-dealkylation sites (tertiary alicyclic amines) is 1. The summed E-state index contributed by atoms with van der Waals surface area (Å²) < 4.78 is 14.0. The highest BCUT2D eigenvalue weighted by molar-refractivity contribution is 8.00. The summed E-state index contributed by atoms with van der Waals surface area (Å²) in [5.74, 6) is 0.372. The molecule has 0 unspecified atom stereocenters. The smallest absolute Gasteiger partial charge is 0.233 e. The van der Waals surface area contributed by atoms with Gasteiger partial charge in [-0.15, -0.1) is 11.8 Å². The Bertz CT molecular complexity index is 505. The highest BCUT2D eigenvalue weighted by Gasteiger charge is 2.34. The van der Waals surface area contributed by atoms with Gasteiger partial charge in [-0.25, -0.2) is 4.39 Å². The van der Waals surface area contributed by atoms with Gasteiger partial charge in [-0.05, 0) is 32.0 Å². The fourth-order valence-electron chi connectivity index (χ4n) is 3.06. The molecular weight excluding hydrogens is 287 g/mol. The molecule has 0 saturated carbocycles. The molecule has 1 aromatic rings. The van der Waals surface area contributed by atoms with E-state index in [0.717, 1.165) is 19.6 Å². The molecule has 2 aliphatic heterocycles. The van der Waals surface area contributed by atoms with Crippen LogP contribution in [0.3, 0.4) is 0 Å². The summed E-state index contributed by atoms with van der Waals surface area (Å²) in [4.78, 5) is 16.4. The maximum atomic E-state index is 14.0. The first-order valence-corrected chi connectivity index (χ1v) is 8.68. The summed E-state index contributed by atoms with van der Waals surface area (Å²) in [6.45, 7) is 3.85. The fourth-order valence-corrected chi connectivity index (χ4v) is 4.30. The highest BCUT2D eigenvalue weighted by Crippen LogP contribution is 2.39. The minimum atomic E-state index is -0.215. The van der Waals surface area contributed by atoms with E-state index in [-0.39, 0.29) is 17.1 Å². The number of thioether (sulfide) groups is 1. The molecule has 0 N–H and O–H groups in total. The number of benzene rings is 1. The van der Waals surface area contributed by atoms with Gasteiger partial charge in [0.05, 0.1) is 5.75 Å². The van der Waals surface area contributed by atoms with Crippen molar-refractivity contribution in [2.24, 2.45) is 0 Å². The van der Waals surface area contributed by atoms with Crippen LogP contribution in [-0.4, -0.2) is 47.6 Å². The molecule has 3 rings (SSSR count). The van der Waals surface area contributed by atoms with Crippen LogP contribution in [0.15, 0.2) is 24.3 Å². The Kier molecular flexibility index (Phi) is 4.80. The lowest BCUT2D eigenvalue weighted by Crippen LogP contribution is -2.39. The predicted octanol–water partition coefficient (Wildman–Crippen LogP) is 2.89. The summed E-state index contributed by atoms with van der Waals surface area (Å²) in [6.07, 6.45) is 3.81. The maximum Gasteiger partial charge on any atom is 0.233 e. The average molecular weight is 308 g/mol. The van der Waals surface area contributed by atoms with Crippen LogP contribution in [0, 0.1) is 5.82 Å². The Labute approximate surface area is 129 Å². The van der Waals surface area contributed by atoms with Crippen LogP contribution in [0.5, 0.6) is 0 Å². The predicted molar refractivity (Wildman–Crippen MR) is 83.6 cm³/mol. The van der Waals surface area contributed by atoms with Gasteiger partial charge >= 0.3 is 0 Å². The monoisotopic (exact) mass is 308 g/mol. The van der Waals surface area contributed by atoms with E-state index in [2.05, 4.69) is 4.90 Å². The van der Waals surface area contributed by atoms with Gasteiger partial charge in [0.15, 0.2) is 0 Å². The second-order valence-corrected chi connectivity index (χ2v) is 6.74. The summed E-state index contributed by atoms with van der Waals surface area (Å²) in [5, 5.41) is -0.163. The van der Waals surface area contributed by atoms with Gasteiger partial charge in [-0.2, -0.15) is 0 Å². The molecule has 1 atom stereocenters. The second kappa shape index (κ2) is 6.79. The topological polar surface area (TPSA) is 23.6 Å². The molecule has 0 aliphatic carbocycles. The summed E-state index contributed by atoms with van der Waals surface area (Å²) in [7, 11) is 0. The molecule has 1 aromatic carbocycles. The molecule has 2 saturated heterocycles. The molecule has 2 aliphatic rings. The van der Waals surface area contributed by atoms with Crippen LogP contribution in [0.2, 0.25) is 0 Å². The molecule has 0 bridgehead atoms. The van der Waals surface area contributed by atoms with E-state index < -0.39 is 0 Å². The number of halogens is 1. The Morgan fingerprint density at radius 2 is 1.90 bits per heavy atom. The SMILES string of the molecule is O=C1CS[C@H](c2ccccc2F)N1CCN1CCCCC1. The number of hydrogen-bond donors (Lipinski definition) is 0. The van der Waals surface area contributed by atoms with E-state index in [1.807, 2.05) is 11.0 Å². The van der Waals surface area contributed by atoms with E-state index in [0.29, 0.717) is 17.9 Å². The largest absolute Gasteiger partial charge is 0.324 e. The number of piperidine rings is 1. The molecule has 114 valence electrons. The Hall–Kier alpha value is -1.07. The van der Waals surface area contributed by atoms with Crippen LogP contribution in [0.4, 0.5) is 4.39 Å². The lowest BCUT2D eigenvalue weighted by atomic mass is 10.1. The van der Waals surface area contributed by atoms with Gasteiger partial charge in [0.25, 0.3) is 0 Å². The van der Waals surface area contributed by atoms with Crippen molar-refractivity contribution in [3.63, 3.8) is 0 Å². The van der Waals surface area contributed by atoms with E-state index in [9.17, 15) is 9.18 Å². The Morgan fingerprint density at radius 3 is 2.67 bits per heavy atom. The zero-order valence-electron chi connectivity index (χ0n) is 12.1. The molecule has 0 spiro atoms. The molecule has 2 heterocycles. The van der Waals surface area contributed by atoms with Crippen molar-refractivity contribution in [1.29, 1.82) is 0 Å². The molecule has 3 nitrogen and oxygen atoms in total. The van der Waals surface area contributed by atoms with Crippen molar-refractivity contribution < 1.29 is 9.18 Å². The Morgan fingerprint density at radius 1 is 1.14 bits per heavy atom. The zero-order chi connectivity index (χ0) is 14.7. The quantitative estimate of drug-likeness (QED) is 0.854. The first-order valence-electron chi connectivity index (χ1n) is 7.63. The van der Waals surface area contributed by atoms with Gasteiger partial charge in [-0.3, -0.25) is 4.79 Å². The van der Waals surface area contributed by atoms with E-state index >= 15 is 0 Å². The van der Waals surface area contributed by atoms with Crippen molar-refractivity contribution in [1.82, 2.24) is 9.80 Å². The third kappa shape index (κ3) is 3.40. The molecule has 0 radical (unpaired) electrons. The number of rotatable bonds is 4. The number of amides is 1. The van der Waals surface area contributed by atoms with Crippen LogP contribution in [-0.2, 0) is 4.79 Å². The minimum absolute atomic E-state index is 0.130. The number of hydrogen-bond acceptors (Lipinski definition) is 3. The van der Waals surface area contributed by atoms with E-state index in [1.54, 1.807) is 12.1 Å². The lowest BCUT2D eigenvalue weighted by molar-refractivity contribution is -0.128. The van der Waals surface area contributed by atoms with Gasteiger partial charge in [0.2, 0.25) is 5.91 Å². The van der Waals surface area contributed by atoms with Crippen molar-refractivity contribution in [2.45, 2.75) is 24.6 Å². The zero-order valence-corrected chi connectivity index (χ0v) is 12.9. The van der Waals surface area contributed by atoms with Crippen LogP contribution < -0.4 is 0 Å². The standard InChI is InChI=1S/C16H21FN2OS/c17-14-7-3-2-6-13(14)16-19(15(20)12-21-16)11-10-18-8-4-1-5-9-18/h2-3,6-7,16H,1,4-5,8-12H2/t16-/m1/s1. The highest BCUT2D eigenvalue weighted by atomic mass is 32.2. The normalized spacial score (nSPS) is 23.8. The maximum absolute atomic E-state index is 14.0. The molecule has 1 amide bonds. The lowest BCUT2D eigenvalue weighted by Gasteiger charge is -2.30. The van der Waals surface area contributed by atoms with Crippen LogP contribution >= 0.6 is 11.8 Å². The molecule has 5 heteroatoms.